The van der Waals surface area contributed by atoms with Crippen LogP contribution in [0.1, 0.15) is 18.4 Å². The van der Waals surface area contributed by atoms with Crippen LogP contribution in [0, 0.1) is 6.92 Å². The molecule has 0 amide bonds. The minimum Gasteiger partial charge on any atom is -0.327 e. The topological polar surface area (TPSA) is 39.8 Å². The van der Waals surface area contributed by atoms with Gasteiger partial charge in [0, 0.05) is 13.6 Å². The van der Waals surface area contributed by atoms with Crippen LogP contribution in [0.3, 0.4) is 0 Å². The third-order valence-electron chi connectivity index (χ3n) is 2.96. The van der Waals surface area contributed by atoms with Crippen LogP contribution < -0.4 is 5.56 Å². The third-order valence-corrected chi connectivity index (χ3v) is 2.96. The number of aromatic nitrogens is 3. The second-order valence-electron chi connectivity index (χ2n) is 4.03. The first-order valence-corrected chi connectivity index (χ1v) is 5.41. The maximum atomic E-state index is 12.9. The average Bonchev–Trinajstić information content (AvgIpc) is 2.53. The lowest BCUT2D eigenvalue weighted by Gasteiger charge is -2.13. The number of hydrogen-bond donors (Lipinski definition) is 0. The van der Waals surface area contributed by atoms with Gasteiger partial charge in [0.25, 0.3) is 5.56 Å². The Bertz CT molecular complexity index is 667. The molecule has 2 heterocycles. The highest BCUT2D eigenvalue weighted by Gasteiger charge is 2.35. The van der Waals surface area contributed by atoms with Gasteiger partial charge in [-0.1, -0.05) is 0 Å². The van der Waals surface area contributed by atoms with Crippen LogP contribution in [0.25, 0.3) is 11.0 Å². The van der Waals surface area contributed by atoms with E-state index in [0.717, 1.165) is 10.6 Å². The van der Waals surface area contributed by atoms with Gasteiger partial charge >= 0.3 is 6.18 Å². The molecule has 18 heavy (non-hydrogen) atoms. The predicted molar refractivity (Wildman–Crippen MR) is 60.4 cm³/mol. The van der Waals surface area contributed by atoms with E-state index in [1.165, 1.54) is 11.5 Å². The van der Waals surface area contributed by atoms with E-state index in [1.54, 1.807) is 14.0 Å². The number of nitrogens with zero attached hydrogens (tertiary/aromatic N) is 3. The lowest BCUT2D eigenvalue weighted by atomic mass is 10.3. The maximum Gasteiger partial charge on any atom is 0.431 e. The molecule has 0 radical (unpaired) electrons. The number of alkyl halides is 3. The summed E-state index contributed by atoms with van der Waals surface area (Å²) in [6, 6.07) is 0.924. The molecule has 0 spiro atoms. The summed E-state index contributed by atoms with van der Waals surface area (Å²) < 4.78 is 40.8. The minimum absolute atomic E-state index is 0.0339. The lowest BCUT2D eigenvalue weighted by Crippen LogP contribution is -2.28. The zero-order valence-electron chi connectivity index (χ0n) is 10.2. The molecule has 0 atom stereocenters. The summed E-state index contributed by atoms with van der Waals surface area (Å²) in [5.41, 5.74) is -1.34. The van der Waals surface area contributed by atoms with E-state index < -0.39 is 17.4 Å². The van der Waals surface area contributed by atoms with Crippen LogP contribution in [0.2, 0.25) is 0 Å². The second kappa shape index (κ2) is 3.86. The lowest BCUT2D eigenvalue weighted by molar-refractivity contribution is -0.144. The molecule has 0 saturated heterocycles. The summed E-state index contributed by atoms with van der Waals surface area (Å²) in [4.78, 5) is 16.0. The number of aryl methyl sites for hydroxylation is 2. The first kappa shape index (κ1) is 12.7. The molecule has 0 aliphatic heterocycles. The Balaban J connectivity index is 2.96. The molecule has 0 fully saturated rings. The maximum absolute atomic E-state index is 12.9. The van der Waals surface area contributed by atoms with Gasteiger partial charge in [-0.25, -0.2) is 4.98 Å². The average molecular weight is 259 g/mol. The summed E-state index contributed by atoms with van der Waals surface area (Å²) in [5.74, 6) is 0.504. The molecule has 0 aliphatic rings. The molecule has 0 unspecified atom stereocenters. The zero-order valence-corrected chi connectivity index (χ0v) is 10.2. The second-order valence-corrected chi connectivity index (χ2v) is 4.03. The number of rotatable bonds is 1. The molecule has 0 bridgehead atoms. The van der Waals surface area contributed by atoms with Crippen LogP contribution >= 0.6 is 0 Å². The summed E-state index contributed by atoms with van der Waals surface area (Å²) in [5, 5.41) is 0. The van der Waals surface area contributed by atoms with E-state index >= 15 is 0 Å². The highest BCUT2D eigenvalue weighted by Crippen LogP contribution is 2.30. The fraction of sp³-hybridized carbons (Fsp3) is 0.455. The number of hydrogen-bond acceptors (Lipinski definition) is 2. The first-order chi connectivity index (χ1) is 8.27. The van der Waals surface area contributed by atoms with E-state index in [1.807, 2.05) is 0 Å². The van der Waals surface area contributed by atoms with E-state index in [4.69, 9.17) is 0 Å². The van der Waals surface area contributed by atoms with Gasteiger partial charge in [-0.3, -0.25) is 4.79 Å². The summed E-state index contributed by atoms with van der Waals surface area (Å²) in [6.07, 6.45) is -4.56. The molecule has 7 heteroatoms. The quantitative estimate of drug-likeness (QED) is 0.786. The van der Waals surface area contributed by atoms with Crippen molar-refractivity contribution in [3.63, 3.8) is 0 Å². The van der Waals surface area contributed by atoms with Gasteiger partial charge < -0.3 is 9.13 Å². The van der Waals surface area contributed by atoms with Crippen molar-refractivity contribution in [1.29, 1.82) is 0 Å². The normalized spacial score (nSPS) is 12.3. The number of halogens is 3. The van der Waals surface area contributed by atoms with Crippen molar-refractivity contribution in [2.24, 2.45) is 7.05 Å². The Labute approximate surface area is 101 Å². The van der Waals surface area contributed by atoms with Gasteiger partial charge in [0.1, 0.15) is 17.0 Å². The van der Waals surface area contributed by atoms with Crippen LogP contribution in [-0.2, 0) is 19.8 Å². The Hall–Kier alpha value is -1.79. The molecule has 0 saturated carbocycles. The standard InChI is InChI=1S/C11H12F3N3O/c1-4-17-8(11(12,13)14)5-7-9(10(17)18)16(3)6(2)15-7/h5H,4H2,1-3H3. The van der Waals surface area contributed by atoms with Gasteiger partial charge in [-0.05, 0) is 19.9 Å². The summed E-state index contributed by atoms with van der Waals surface area (Å²) >= 11 is 0. The van der Waals surface area contributed by atoms with Crippen molar-refractivity contribution in [3.05, 3.63) is 27.9 Å². The smallest absolute Gasteiger partial charge is 0.327 e. The Morgan fingerprint density at radius 2 is 2.00 bits per heavy atom. The molecule has 2 aromatic heterocycles. The Kier molecular flexibility index (Phi) is 2.71. The largest absolute Gasteiger partial charge is 0.431 e. The third kappa shape index (κ3) is 1.70. The van der Waals surface area contributed by atoms with Crippen molar-refractivity contribution in [2.75, 3.05) is 0 Å². The Morgan fingerprint density at radius 1 is 1.39 bits per heavy atom. The zero-order chi connectivity index (χ0) is 13.7. The van der Waals surface area contributed by atoms with Crippen LogP contribution in [0.5, 0.6) is 0 Å². The summed E-state index contributed by atoms with van der Waals surface area (Å²) in [6.45, 7) is 3.11. The van der Waals surface area contributed by atoms with Gasteiger partial charge in [0.05, 0.1) is 5.52 Å². The van der Waals surface area contributed by atoms with E-state index in [9.17, 15) is 18.0 Å². The molecule has 4 nitrogen and oxygen atoms in total. The number of fused-ring (bicyclic) bond motifs is 1. The van der Waals surface area contributed by atoms with Crippen molar-refractivity contribution >= 4 is 11.0 Å². The molecule has 98 valence electrons. The van der Waals surface area contributed by atoms with Gasteiger partial charge in [0.2, 0.25) is 0 Å². The van der Waals surface area contributed by atoms with Crippen molar-refractivity contribution in [1.82, 2.24) is 14.1 Å². The van der Waals surface area contributed by atoms with Crippen molar-refractivity contribution < 1.29 is 13.2 Å². The molecule has 0 aromatic carbocycles. The molecule has 0 aliphatic carbocycles. The molecule has 0 N–H and O–H groups in total. The molecule has 2 rings (SSSR count). The van der Waals surface area contributed by atoms with E-state index in [-0.39, 0.29) is 17.6 Å². The summed E-state index contributed by atoms with van der Waals surface area (Å²) in [7, 11) is 1.61. The van der Waals surface area contributed by atoms with E-state index in [2.05, 4.69) is 4.98 Å². The fourth-order valence-corrected chi connectivity index (χ4v) is 1.98. The fourth-order valence-electron chi connectivity index (χ4n) is 1.98. The van der Waals surface area contributed by atoms with Crippen molar-refractivity contribution in [2.45, 2.75) is 26.6 Å². The van der Waals surface area contributed by atoms with Crippen LogP contribution in [0.4, 0.5) is 13.2 Å². The molecular weight excluding hydrogens is 247 g/mol. The number of pyridine rings is 1. The number of imidazole rings is 1. The minimum atomic E-state index is -4.56. The SMILES string of the molecule is CCn1c(C(F)(F)F)cc2nc(C)n(C)c2c1=O. The molecular formula is C11H12F3N3O. The predicted octanol–water partition coefficient (Wildman–Crippen LogP) is 2.08. The van der Waals surface area contributed by atoms with Gasteiger partial charge in [-0.2, -0.15) is 13.2 Å². The van der Waals surface area contributed by atoms with Crippen LogP contribution in [-0.4, -0.2) is 14.1 Å². The van der Waals surface area contributed by atoms with Gasteiger partial charge in [-0.15, -0.1) is 0 Å². The highest BCUT2D eigenvalue weighted by molar-refractivity contribution is 5.75. The monoisotopic (exact) mass is 259 g/mol. The highest BCUT2D eigenvalue weighted by atomic mass is 19.4. The van der Waals surface area contributed by atoms with E-state index in [0.29, 0.717) is 5.82 Å². The van der Waals surface area contributed by atoms with Gasteiger partial charge in [0.15, 0.2) is 0 Å². The van der Waals surface area contributed by atoms with Crippen molar-refractivity contribution in [3.8, 4) is 0 Å². The molecule has 2 aromatic rings. The first-order valence-electron chi connectivity index (χ1n) is 5.41. The van der Waals surface area contributed by atoms with Crippen LogP contribution in [0.15, 0.2) is 10.9 Å². The Morgan fingerprint density at radius 3 is 2.50 bits per heavy atom.